The van der Waals surface area contributed by atoms with Gasteiger partial charge < -0.3 is 9.84 Å². The summed E-state index contributed by atoms with van der Waals surface area (Å²) in [7, 11) is -3.45. The zero-order chi connectivity index (χ0) is 13.9. The van der Waals surface area contributed by atoms with Gasteiger partial charge in [-0.05, 0) is 37.3 Å². The van der Waals surface area contributed by atoms with Crippen molar-refractivity contribution in [3.05, 3.63) is 16.5 Å². The second-order valence-corrected chi connectivity index (χ2v) is 7.87. The summed E-state index contributed by atoms with van der Waals surface area (Å²) < 4.78 is 32.5. The Bertz CT molecular complexity index is 518. The maximum atomic E-state index is 12.1. The monoisotopic (exact) mass is 305 g/mol. The number of hydrogen-bond donors (Lipinski definition) is 2. The minimum absolute atomic E-state index is 0.119. The Morgan fingerprint density at radius 2 is 2.16 bits per heavy atom. The summed E-state index contributed by atoms with van der Waals surface area (Å²) in [6.07, 6.45) is 1.79. The van der Waals surface area contributed by atoms with E-state index in [-0.39, 0.29) is 10.8 Å². The molecule has 1 saturated heterocycles. The highest BCUT2D eigenvalue weighted by Gasteiger charge is 2.21. The molecule has 108 valence electrons. The average Bonchev–Trinajstić information content (AvgIpc) is 2.80. The number of nitrogens with one attached hydrogen (secondary N) is 1. The third-order valence-corrected chi connectivity index (χ3v) is 6.43. The summed E-state index contributed by atoms with van der Waals surface area (Å²) in [5, 5.41) is 9.11. The van der Waals surface area contributed by atoms with Crippen molar-refractivity contribution in [2.75, 3.05) is 19.8 Å². The van der Waals surface area contributed by atoms with Crippen molar-refractivity contribution in [2.45, 2.75) is 30.6 Å². The normalized spacial score (nSPS) is 17.8. The van der Waals surface area contributed by atoms with Crippen LogP contribution in [0.5, 0.6) is 0 Å². The van der Waals surface area contributed by atoms with E-state index in [1.807, 2.05) is 0 Å². The molecule has 1 aliphatic heterocycles. The van der Waals surface area contributed by atoms with Crippen molar-refractivity contribution < 1.29 is 18.3 Å². The maximum absolute atomic E-state index is 12.1. The van der Waals surface area contributed by atoms with Gasteiger partial charge in [0.2, 0.25) is 10.0 Å². The van der Waals surface area contributed by atoms with Gasteiger partial charge in [-0.25, -0.2) is 13.1 Å². The molecule has 1 aromatic heterocycles. The molecule has 7 heteroatoms. The SMILES string of the molecule is Cc1cc(S(=O)(=O)NCC2CCOCC2)sc1CO. The molecular weight excluding hydrogens is 286 g/mol. The molecule has 1 aliphatic rings. The van der Waals surface area contributed by atoms with E-state index in [4.69, 9.17) is 9.84 Å². The van der Waals surface area contributed by atoms with Crippen LogP contribution >= 0.6 is 11.3 Å². The van der Waals surface area contributed by atoms with Crippen LogP contribution in [0.3, 0.4) is 0 Å². The van der Waals surface area contributed by atoms with Crippen LogP contribution in [-0.2, 0) is 21.4 Å². The van der Waals surface area contributed by atoms with Gasteiger partial charge in [0.25, 0.3) is 0 Å². The van der Waals surface area contributed by atoms with Gasteiger partial charge in [-0.2, -0.15) is 0 Å². The highest BCUT2D eigenvalue weighted by molar-refractivity contribution is 7.91. The molecule has 0 saturated carbocycles. The lowest BCUT2D eigenvalue weighted by atomic mass is 10.0. The van der Waals surface area contributed by atoms with Crippen LogP contribution in [0.4, 0.5) is 0 Å². The lowest BCUT2D eigenvalue weighted by Gasteiger charge is -2.21. The van der Waals surface area contributed by atoms with Crippen molar-refractivity contribution in [3.63, 3.8) is 0 Å². The number of sulfonamides is 1. The minimum Gasteiger partial charge on any atom is -0.391 e. The summed E-state index contributed by atoms with van der Waals surface area (Å²) in [6.45, 7) is 3.56. The zero-order valence-corrected chi connectivity index (χ0v) is 12.5. The van der Waals surface area contributed by atoms with Crippen LogP contribution in [0.1, 0.15) is 23.3 Å². The first-order valence-electron chi connectivity index (χ1n) is 6.30. The largest absolute Gasteiger partial charge is 0.391 e. The van der Waals surface area contributed by atoms with Crippen molar-refractivity contribution in [3.8, 4) is 0 Å². The Morgan fingerprint density at radius 3 is 2.74 bits per heavy atom. The van der Waals surface area contributed by atoms with Gasteiger partial charge in [0, 0.05) is 24.6 Å². The van der Waals surface area contributed by atoms with Crippen LogP contribution in [0, 0.1) is 12.8 Å². The summed E-state index contributed by atoms with van der Waals surface area (Å²) in [4.78, 5) is 0.700. The highest BCUT2D eigenvalue weighted by Crippen LogP contribution is 2.26. The summed E-state index contributed by atoms with van der Waals surface area (Å²) in [5.74, 6) is 0.349. The quantitative estimate of drug-likeness (QED) is 0.858. The first kappa shape index (κ1) is 14.9. The number of thiophene rings is 1. The Labute approximate surface area is 117 Å². The molecule has 0 aliphatic carbocycles. The van der Waals surface area contributed by atoms with Gasteiger partial charge in [-0.1, -0.05) is 0 Å². The number of aliphatic hydroxyl groups is 1. The van der Waals surface area contributed by atoms with Crippen LogP contribution in [0.2, 0.25) is 0 Å². The topological polar surface area (TPSA) is 75.6 Å². The van der Waals surface area contributed by atoms with Crippen LogP contribution < -0.4 is 4.72 Å². The summed E-state index contributed by atoms with van der Waals surface area (Å²) >= 11 is 1.13. The minimum atomic E-state index is -3.45. The van der Waals surface area contributed by atoms with Crippen molar-refractivity contribution in [1.82, 2.24) is 4.72 Å². The smallest absolute Gasteiger partial charge is 0.250 e. The third-order valence-electron chi connectivity index (χ3n) is 3.31. The molecule has 0 bridgehead atoms. The van der Waals surface area contributed by atoms with E-state index in [2.05, 4.69) is 4.72 Å². The molecule has 2 N–H and O–H groups in total. The molecule has 2 rings (SSSR count). The standard InChI is InChI=1S/C12H19NO4S2/c1-9-6-12(18-11(9)8-14)19(15,16)13-7-10-2-4-17-5-3-10/h6,10,13-14H,2-5,7-8H2,1H3. The average molecular weight is 305 g/mol. The lowest BCUT2D eigenvalue weighted by Crippen LogP contribution is -2.31. The van der Waals surface area contributed by atoms with Gasteiger partial charge in [-0.15, -0.1) is 11.3 Å². The molecule has 0 radical (unpaired) electrons. The van der Waals surface area contributed by atoms with Crippen LogP contribution in [0.25, 0.3) is 0 Å². The molecule has 1 fully saturated rings. The highest BCUT2D eigenvalue weighted by atomic mass is 32.2. The van der Waals surface area contributed by atoms with Gasteiger partial charge in [-0.3, -0.25) is 0 Å². The predicted molar refractivity (Wildman–Crippen MR) is 73.7 cm³/mol. The maximum Gasteiger partial charge on any atom is 0.250 e. The fourth-order valence-corrected chi connectivity index (χ4v) is 4.64. The Morgan fingerprint density at radius 1 is 1.47 bits per heavy atom. The molecule has 2 heterocycles. The summed E-state index contributed by atoms with van der Waals surface area (Å²) in [5.41, 5.74) is 0.818. The summed E-state index contributed by atoms with van der Waals surface area (Å²) in [6, 6.07) is 1.61. The van der Waals surface area contributed by atoms with Crippen molar-refractivity contribution >= 4 is 21.4 Å². The van der Waals surface area contributed by atoms with E-state index in [0.717, 1.165) is 29.7 Å². The molecule has 0 atom stereocenters. The fraction of sp³-hybridized carbons (Fsp3) is 0.667. The molecule has 19 heavy (non-hydrogen) atoms. The van der Waals surface area contributed by atoms with Crippen LogP contribution in [0.15, 0.2) is 10.3 Å². The molecule has 0 spiro atoms. The molecule has 0 amide bonds. The molecular formula is C12H19NO4S2. The molecule has 0 aromatic carbocycles. The number of aliphatic hydroxyl groups excluding tert-OH is 1. The number of rotatable bonds is 5. The first-order valence-corrected chi connectivity index (χ1v) is 8.60. The predicted octanol–water partition coefficient (Wildman–Crippen LogP) is 1.25. The van der Waals surface area contributed by atoms with Gasteiger partial charge >= 0.3 is 0 Å². The lowest BCUT2D eigenvalue weighted by molar-refractivity contribution is 0.0678. The van der Waals surface area contributed by atoms with E-state index in [1.165, 1.54) is 0 Å². The Hall–Kier alpha value is -0.470. The van der Waals surface area contributed by atoms with E-state index >= 15 is 0 Å². The van der Waals surface area contributed by atoms with E-state index in [0.29, 0.717) is 30.6 Å². The van der Waals surface area contributed by atoms with Crippen LogP contribution in [-0.4, -0.2) is 33.3 Å². The van der Waals surface area contributed by atoms with E-state index in [9.17, 15) is 8.42 Å². The fourth-order valence-electron chi connectivity index (χ4n) is 2.03. The zero-order valence-electron chi connectivity index (χ0n) is 10.9. The van der Waals surface area contributed by atoms with Crippen molar-refractivity contribution in [1.29, 1.82) is 0 Å². The number of aryl methyl sites for hydroxylation is 1. The second-order valence-electron chi connectivity index (χ2n) is 4.74. The molecule has 5 nitrogen and oxygen atoms in total. The van der Waals surface area contributed by atoms with E-state index in [1.54, 1.807) is 13.0 Å². The number of hydrogen-bond acceptors (Lipinski definition) is 5. The molecule has 0 unspecified atom stereocenters. The number of ether oxygens (including phenoxy) is 1. The molecule has 1 aromatic rings. The van der Waals surface area contributed by atoms with E-state index < -0.39 is 10.0 Å². The van der Waals surface area contributed by atoms with Crippen molar-refractivity contribution in [2.24, 2.45) is 5.92 Å². The van der Waals surface area contributed by atoms with Gasteiger partial charge in [0.1, 0.15) is 4.21 Å². The Balaban J connectivity index is 2.00. The first-order chi connectivity index (χ1) is 9.03. The second kappa shape index (κ2) is 6.32. The Kier molecular flexibility index (Phi) is 4.97. The third kappa shape index (κ3) is 3.76. The van der Waals surface area contributed by atoms with Gasteiger partial charge in [0.15, 0.2) is 0 Å². The van der Waals surface area contributed by atoms with Gasteiger partial charge in [0.05, 0.1) is 6.61 Å².